The Kier molecular flexibility index (Phi) is 5.83. The Morgan fingerprint density at radius 2 is 1.92 bits per heavy atom. The van der Waals surface area contributed by atoms with Crippen LogP contribution in [-0.4, -0.2) is 41.3 Å². The zero-order valence-electron chi connectivity index (χ0n) is 21.6. The molecule has 5 aromatic rings. The number of hydrogen-bond acceptors (Lipinski definition) is 7. The molecule has 38 heavy (non-hydrogen) atoms. The molecular formula is C28H28N8O2. The predicted molar refractivity (Wildman–Crippen MR) is 140 cm³/mol. The van der Waals surface area contributed by atoms with E-state index in [2.05, 4.69) is 28.3 Å². The summed E-state index contributed by atoms with van der Waals surface area (Å²) in [5, 5.41) is 23.1. The first-order valence-corrected chi connectivity index (χ1v) is 12.5. The van der Waals surface area contributed by atoms with Crippen molar-refractivity contribution in [3.05, 3.63) is 66.9 Å². The van der Waals surface area contributed by atoms with E-state index in [0.29, 0.717) is 30.5 Å². The van der Waals surface area contributed by atoms with Crippen molar-refractivity contribution < 1.29 is 9.47 Å². The van der Waals surface area contributed by atoms with Crippen LogP contribution in [0, 0.1) is 17.2 Å². The van der Waals surface area contributed by atoms with Gasteiger partial charge in [0, 0.05) is 25.0 Å². The van der Waals surface area contributed by atoms with Gasteiger partial charge in [0.1, 0.15) is 12.4 Å². The Balaban J connectivity index is 1.35. The number of fused-ring (bicyclic) bond motifs is 1. The van der Waals surface area contributed by atoms with Crippen molar-refractivity contribution in [2.24, 2.45) is 13.0 Å². The van der Waals surface area contributed by atoms with E-state index in [0.717, 1.165) is 46.5 Å². The fourth-order valence-electron chi connectivity index (χ4n) is 5.39. The summed E-state index contributed by atoms with van der Waals surface area (Å²) in [4.78, 5) is 5.04. The molecule has 0 unspecified atom stereocenters. The number of ether oxygens (including phenoxy) is 2. The normalized spacial score (nSPS) is 18.7. The molecule has 0 atom stereocenters. The summed E-state index contributed by atoms with van der Waals surface area (Å²) in [5.74, 6) is 1.87. The highest BCUT2D eigenvalue weighted by Crippen LogP contribution is 2.46. The second kappa shape index (κ2) is 9.34. The third-order valence-corrected chi connectivity index (χ3v) is 7.20. The minimum absolute atomic E-state index is 0.244. The van der Waals surface area contributed by atoms with E-state index in [1.807, 2.05) is 71.4 Å². The first kappa shape index (κ1) is 23.7. The molecule has 1 aromatic carbocycles. The van der Waals surface area contributed by atoms with Crippen LogP contribution >= 0.6 is 0 Å². The summed E-state index contributed by atoms with van der Waals surface area (Å²) in [7, 11) is 3.50. The third-order valence-electron chi connectivity index (χ3n) is 7.20. The number of benzene rings is 1. The van der Waals surface area contributed by atoms with Crippen LogP contribution in [0.5, 0.6) is 11.6 Å². The summed E-state index contributed by atoms with van der Waals surface area (Å²) in [6.07, 6.45) is 11.7. The lowest BCUT2D eigenvalue weighted by Crippen LogP contribution is -2.45. The summed E-state index contributed by atoms with van der Waals surface area (Å²) in [6.45, 7) is 2.57. The molecule has 0 spiro atoms. The molecule has 0 saturated heterocycles. The van der Waals surface area contributed by atoms with Crippen LogP contribution < -0.4 is 9.47 Å². The molecule has 0 bridgehead atoms. The zero-order chi connectivity index (χ0) is 26.3. The van der Waals surface area contributed by atoms with Crippen LogP contribution in [0.3, 0.4) is 0 Å². The van der Waals surface area contributed by atoms with Gasteiger partial charge < -0.3 is 9.47 Å². The number of hydrogen-bond donors (Lipinski definition) is 0. The number of aryl methyl sites for hydroxylation is 1. The number of nitriles is 1. The molecule has 10 heteroatoms. The van der Waals surface area contributed by atoms with E-state index in [1.165, 1.54) is 0 Å². The van der Waals surface area contributed by atoms with E-state index in [4.69, 9.17) is 14.5 Å². The Hall–Kier alpha value is -4.65. The molecule has 1 saturated carbocycles. The molecule has 1 fully saturated rings. The molecule has 6 rings (SSSR count). The number of rotatable bonds is 8. The highest BCUT2D eigenvalue weighted by atomic mass is 16.5. The highest BCUT2D eigenvalue weighted by Gasteiger charge is 2.44. The van der Waals surface area contributed by atoms with E-state index < -0.39 is 0 Å². The molecular weight excluding hydrogens is 480 g/mol. The topological polar surface area (TPSA) is 108 Å². The van der Waals surface area contributed by atoms with Gasteiger partial charge in [-0.25, -0.2) is 9.50 Å². The van der Waals surface area contributed by atoms with Crippen molar-refractivity contribution in [3.63, 3.8) is 0 Å². The average molecular weight is 509 g/mol. The number of nitrogens with zero attached hydrogens (tertiary/aromatic N) is 8. The molecule has 0 radical (unpaired) electrons. The Bertz CT molecular complexity index is 1630. The molecule has 10 nitrogen and oxygen atoms in total. The quantitative estimate of drug-likeness (QED) is 0.301. The fourth-order valence-corrected chi connectivity index (χ4v) is 5.39. The van der Waals surface area contributed by atoms with Crippen molar-refractivity contribution in [2.75, 3.05) is 7.11 Å². The smallest absolute Gasteiger partial charge is 0.242 e. The number of methoxy groups -OCH3 is 1. The van der Waals surface area contributed by atoms with Crippen LogP contribution in [0.1, 0.15) is 31.7 Å². The SMILES string of the molecule is COc1ccc(COc2nn(C)cc2-c2cn3nccc3c(-c3cnn([C@]4(CC#N)C[C@@H](C)C4)c3)n2)cc1. The maximum atomic E-state index is 9.44. The average Bonchev–Trinajstić information content (AvgIpc) is 3.66. The standard InChI is InChI=1S/C28H28N8O2/c1-19-12-28(13-19,9-10-29)36-15-21(14-31-36)26-25-8-11-30-35(25)17-24(32-26)23-16-34(2)33-27(23)38-18-20-4-6-22(37-3)7-5-20/h4-8,11,14-17,19H,9,12-13,18H2,1-3H3/t19-,28-. The first-order chi connectivity index (χ1) is 18.5. The minimum Gasteiger partial charge on any atom is -0.497 e. The second-order valence-electron chi connectivity index (χ2n) is 10.0. The Morgan fingerprint density at radius 1 is 1.11 bits per heavy atom. The molecule has 0 N–H and O–H groups in total. The lowest BCUT2D eigenvalue weighted by molar-refractivity contribution is 0.0682. The van der Waals surface area contributed by atoms with Crippen molar-refractivity contribution in [1.82, 2.24) is 34.2 Å². The summed E-state index contributed by atoms with van der Waals surface area (Å²) in [5.41, 5.74) is 4.71. The lowest BCUT2D eigenvalue weighted by atomic mass is 9.67. The minimum atomic E-state index is -0.244. The predicted octanol–water partition coefficient (Wildman–Crippen LogP) is 4.62. The Morgan fingerprint density at radius 3 is 2.66 bits per heavy atom. The zero-order valence-corrected chi connectivity index (χ0v) is 21.6. The van der Waals surface area contributed by atoms with Crippen LogP contribution in [-0.2, 0) is 19.2 Å². The van der Waals surface area contributed by atoms with Gasteiger partial charge in [0.15, 0.2) is 0 Å². The molecule has 0 aliphatic heterocycles. The van der Waals surface area contributed by atoms with Crippen LogP contribution in [0.2, 0.25) is 0 Å². The van der Waals surface area contributed by atoms with Crippen molar-refractivity contribution in [1.29, 1.82) is 5.26 Å². The fraction of sp³-hybridized carbons (Fsp3) is 0.321. The van der Waals surface area contributed by atoms with Crippen molar-refractivity contribution in [3.8, 4) is 40.2 Å². The largest absolute Gasteiger partial charge is 0.497 e. The lowest BCUT2D eigenvalue weighted by Gasteiger charge is -2.45. The van der Waals surface area contributed by atoms with Crippen molar-refractivity contribution >= 4 is 5.52 Å². The maximum absolute atomic E-state index is 9.44. The van der Waals surface area contributed by atoms with Crippen LogP contribution in [0.25, 0.3) is 28.0 Å². The van der Waals surface area contributed by atoms with Gasteiger partial charge in [0.05, 0.1) is 66.2 Å². The maximum Gasteiger partial charge on any atom is 0.242 e. The van der Waals surface area contributed by atoms with E-state index in [-0.39, 0.29) is 5.54 Å². The molecule has 4 aromatic heterocycles. The molecule has 4 heterocycles. The van der Waals surface area contributed by atoms with Gasteiger partial charge in [-0.2, -0.15) is 15.5 Å². The summed E-state index contributed by atoms with van der Waals surface area (Å²) < 4.78 is 16.9. The Labute approximate surface area is 220 Å². The van der Waals surface area contributed by atoms with Crippen molar-refractivity contribution in [2.45, 2.75) is 38.3 Å². The number of aromatic nitrogens is 7. The van der Waals surface area contributed by atoms with E-state index in [9.17, 15) is 5.26 Å². The first-order valence-electron chi connectivity index (χ1n) is 12.5. The van der Waals surface area contributed by atoms with Gasteiger partial charge in [-0.15, -0.1) is 5.10 Å². The van der Waals surface area contributed by atoms with Gasteiger partial charge >= 0.3 is 0 Å². The van der Waals surface area contributed by atoms with Gasteiger partial charge in [0.25, 0.3) is 0 Å². The van der Waals surface area contributed by atoms with E-state index in [1.54, 1.807) is 18.0 Å². The molecule has 0 amide bonds. The molecule has 192 valence electrons. The highest BCUT2D eigenvalue weighted by molar-refractivity contribution is 5.79. The van der Waals surface area contributed by atoms with Gasteiger partial charge in [-0.05, 0) is 42.5 Å². The summed E-state index contributed by atoms with van der Waals surface area (Å²) >= 11 is 0. The van der Waals surface area contributed by atoms with Crippen LogP contribution in [0.15, 0.2) is 61.3 Å². The second-order valence-corrected chi connectivity index (χ2v) is 10.0. The van der Waals surface area contributed by atoms with Gasteiger partial charge in [0.2, 0.25) is 5.88 Å². The molecule has 1 aliphatic carbocycles. The summed E-state index contributed by atoms with van der Waals surface area (Å²) in [6, 6.07) is 12.0. The third kappa shape index (κ3) is 4.16. The van der Waals surface area contributed by atoms with Crippen LogP contribution in [0.4, 0.5) is 0 Å². The van der Waals surface area contributed by atoms with Gasteiger partial charge in [-0.3, -0.25) is 9.36 Å². The van der Waals surface area contributed by atoms with Gasteiger partial charge in [-0.1, -0.05) is 19.1 Å². The van der Waals surface area contributed by atoms with E-state index >= 15 is 0 Å². The molecule has 1 aliphatic rings. The monoisotopic (exact) mass is 508 g/mol.